The lowest BCUT2D eigenvalue weighted by molar-refractivity contribution is 0.201. The van der Waals surface area contributed by atoms with Gasteiger partial charge in [0, 0.05) is 18.2 Å². The Kier molecular flexibility index (Phi) is 6.28. The average molecular weight is 299 g/mol. The number of anilines is 1. The molecule has 0 heterocycles. The number of nitrogens with one attached hydrogen (secondary N) is 1. The lowest BCUT2D eigenvalue weighted by Gasteiger charge is -2.28. The van der Waals surface area contributed by atoms with Crippen molar-refractivity contribution in [2.75, 3.05) is 19.0 Å². The maximum absolute atomic E-state index is 9.79. The van der Waals surface area contributed by atoms with Crippen LogP contribution in [0.4, 0.5) is 5.69 Å². The highest BCUT2D eigenvalue weighted by Crippen LogP contribution is 2.30. The van der Waals surface area contributed by atoms with Crippen molar-refractivity contribution in [3.63, 3.8) is 0 Å². The molecule has 2 atom stereocenters. The van der Waals surface area contributed by atoms with Crippen molar-refractivity contribution < 1.29 is 9.84 Å². The third-order valence-electron chi connectivity index (χ3n) is 3.94. The average Bonchev–Trinajstić information content (AvgIpc) is 2.59. The van der Waals surface area contributed by atoms with Gasteiger partial charge in [-0.25, -0.2) is 0 Å². The van der Waals surface area contributed by atoms with Crippen LogP contribution in [-0.4, -0.2) is 18.8 Å². The predicted octanol–water partition coefficient (Wildman–Crippen LogP) is 4.26. The maximum Gasteiger partial charge on any atom is 0.119 e. The normalized spacial score (nSPS) is 13.4. The van der Waals surface area contributed by atoms with E-state index < -0.39 is 0 Å². The molecule has 0 bridgehead atoms. The van der Waals surface area contributed by atoms with Gasteiger partial charge >= 0.3 is 0 Å². The van der Waals surface area contributed by atoms with Crippen molar-refractivity contribution in [1.29, 1.82) is 0 Å². The van der Waals surface area contributed by atoms with Crippen LogP contribution in [-0.2, 0) is 0 Å². The molecular formula is C19H25NO2. The molecule has 0 unspecified atom stereocenters. The molecule has 0 amide bonds. The van der Waals surface area contributed by atoms with Gasteiger partial charge in [0.05, 0.1) is 13.2 Å². The van der Waals surface area contributed by atoms with Gasteiger partial charge in [-0.1, -0.05) is 43.7 Å². The molecule has 118 valence electrons. The Morgan fingerprint density at radius 2 is 1.73 bits per heavy atom. The molecule has 2 aromatic carbocycles. The monoisotopic (exact) mass is 299 g/mol. The van der Waals surface area contributed by atoms with E-state index in [0.717, 1.165) is 24.3 Å². The zero-order chi connectivity index (χ0) is 15.8. The first-order chi connectivity index (χ1) is 10.8. The van der Waals surface area contributed by atoms with Crippen LogP contribution < -0.4 is 10.1 Å². The highest BCUT2D eigenvalue weighted by Gasteiger charge is 2.21. The Bertz CT molecular complexity index is 539. The van der Waals surface area contributed by atoms with E-state index in [4.69, 9.17) is 4.74 Å². The summed E-state index contributed by atoms with van der Waals surface area (Å²) in [5, 5.41) is 13.4. The topological polar surface area (TPSA) is 41.5 Å². The first-order valence-electron chi connectivity index (χ1n) is 7.84. The number of benzene rings is 2. The van der Waals surface area contributed by atoms with Gasteiger partial charge in [0.15, 0.2) is 0 Å². The standard InChI is InChI=1S/C19H25NO2/c1-3-7-16(14-21)19(15-8-5-4-6-9-15)20-17-10-12-18(22-2)13-11-17/h4-6,8-13,16,19-21H,3,7,14H2,1-2H3/t16-,19-/m1/s1. The van der Waals surface area contributed by atoms with E-state index >= 15 is 0 Å². The summed E-state index contributed by atoms with van der Waals surface area (Å²) in [5.74, 6) is 1.03. The van der Waals surface area contributed by atoms with Crippen molar-refractivity contribution in [3.05, 3.63) is 60.2 Å². The van der Waals surface area contributed by atoms with Gasteiger partial charge < -0.3 is 15.2 Å². The van der Waals surface area contributed by atoms with E-state index in [2.05, 4.69) is 24.4 Å². The van der Waals surface area contributed by atoms with Crippen molar-refractivity contribution in [2.45, 2.75) is 25.8 Å². The Morgan fingerprint density at radius 1 is 1.05 bits per heavy atom. The van der Waals surface area contributed by atoms with Crippen molar-refractivity contribution >= 4 is 5.69 Å². The van der Waals surface area contributed by atoms with Crippen LogP contribution >= 0.6 is 0 Å². The smallest absolute Gasteiger partial charge is 0.119 e. The third-order valence-corrected chi connectivity index (χ3v) is 3.94. The molecule has 2 rings (SSSR count). The minimum atomic E-state index is 0.0968. The van der Waals surface area contributed by atoms with Crippen LogP contribution in [0, 0.1) is 5.92 Å². The SMILES string of the molecule is CCC[C@H](CO)[C@H](Nc1ccc(OC)cc1)c1ccccc1. The van der Waals surface area contributed by atoms with E-state index in [-0.39, 0.29) is 18.6 Å². The molecular weight excluding hydrogens is 274 g/mol. The van der Waals surface area contributed by atoms with E-state index in [9.17, 15) is 5.11 Å². The van der Waals surface area contributed by atoms with Gasteiger partial charge in [-0.3, -0.25) is 0 Å². The minimum absolute atomic E-state index is 0.0968. The zero-order valence-corrected chi connectivity index (χ0v) is 13.3. The number of hydrogen-bond donors (Lipinski definition) is 2. The van der Waals surface area contributed by atoms with Gasteiger partial charge in [0.1, 0.15) is 5.75 Å². The first kappa shape index (κ1) is 16.4. The van der Waals surface area contributed by atoms with Gasteiger partial charge in [-0.15, -0.1) is 0 Å². The molecule has 2 N–H and O–H groups in total. The Balaban J connectivity index is 2.23. The molecule has 3 nitrogen and oxygen atoms in total. The molecule has 0 aliphatic heterocycles. The summed E-state index contributed by atoms with van der Waals surface area (Å²) in [4.78, 5) is 0. The number of ether oxygens (including phenoxy) is 1. The summed E-state index contributed by atoms with van der Waals surface area (Å²) in [5.41, 5.74) is 2.23. The second-order valence-corrected chi connectivity index (χ2v) is 5.49. The molecule has 0 aliphatic rings. The minimum Gasteiger partial charge on any atom is -0.497 e. The second kappa shape index (κ2) is 8.44. The van der Waals surface area contributed by atoms with Crippen molar-refractivity contribution in [3.8, 4) is 5.75 Å². The molecule has 0 saturated heterocycles. The van der Waals surface area contributed by atoms with Crippen LogP contribution in [0.2, 0.25) is 0 Å². The number of methoxy groups -OCH3 is 1. The summed E-state index contributed by atoms with van der Waals surface area (Å²) < 4.78 is 5.20. The summed E-state index contributed by atoms with van der Waals surface area (Å²) in [6.07, 6.45) is 2.04. The van der Waals surface area contributed by atoms with E-state index in [1.807, 2.05) is 42.5 Å². The van der Waals surface area contributed by atoms with Gasteiger partial charge in [-0.05, 0) is 36.2 Å². The zero-order valence-electron chi connectivity index (χ0n) is 13.3. The third kappa shape index (κ3) is 4.25. The molecule has 22 heavy (non-hydrogen) atoms. The van der Waals surface area contributed by atoms with Crippen LogP contribution in [0.5, 0.6) is 5.75 Å². The largest absolute Gasteiger partial charge is 0.497 e. The fourth-order valence-corrected chi connectivity index (χ4v) is 2.73. The summed E-state index contributed by atoms with van der Waals surface area (Å²) >= 11 is 0. The van der Waals surface area contributed by atoms with Crippen molar-refractivity contribution in [1.82, 2.24) is 0 Å². The summed E-state index contributed by atoms with van der Waals surface area (Å²) in [6.45, 7) is 2.33. The second-order valence-electron chi connectivity index (χ2n) is 5.49. The highest BCUT2D eigenvalue weighted by atomic mass is 16.5. The lowest BCUT2D eigenvalue weighted by atomic mass is 9.89. The van der Waals surface area contributed by atoms with Crippen molar-refractivity contribution in [2.24, 2.45) is 5.92 Å². The van der Waals surface area contributed by atoms with Crippen LogP contribution in [0.1, 0.15) is 31.4 Å². The fourth-order valence-electron chi connectivity index (χ4n) is 2.73. The van der Waals surface area contributed by atoms with Crippen LogP contribution in [0.3, 0.4) is 0 Å². The first-order valence-corrected chi connectivity index (χ1v) is 7.84. The van der Waals surface area contributed by atoms with Crippen LogP contribution in [0.25, 0.3) is 0 Å². The quantitative estimate of drug-likeness (QED) is 0.765. The molecule has 0 aromatic heterocycles. The number of hydrogen-bond acceptors (Lipinski definition) is 3. The van der Waals surface area contributed by atoms with E-state index in [0.29, 0.717) is 0 Å². The Labute approximate surface area is 133 Å². The molecule has 0 aliphatic carbocycles. The summed E-state index contributed by atoms with van der Waals surface area (Å²) in [6, 6.07) is 18.3. The molecule has 2 aromatic rings. The molecule has 0 saturated carbocycles. The number of rotatable bonds is 8. The lowest BCUT2D eigenvalue weighted by Crippen LogP contribution is -2.24. The number of aliphatic hydroxyl groups is 1. The van der Waals surface area contributed by atoms with Gasteiger partial charge in [-0.2, -0.15) is 0 Å². The molecule has 0 spiro atoms. The summed E-state index contributed by atoms with van der Waals surface area (Å²) in [7, 11) is 1.66. The molecule has 0 radical (unpaired) electrons. The molecule has 0 fully saturated rings. The number of aliphatic hydroxyl groups excluding tert-OH is 1. The van der Waals surface area contributed by atoms with E-state index in [1.165, 1.54) is 5.56 Å². The van der Waals surface area contributed by atoms with Crippen LogP contribution in [0.15, 0.2) is 54.6 Å². The fraction of sp³-hybridized carbons (Fsp3) is 0.368. The molecule has 3 heteroatoms. The Morgan fingerprint density at radius 3 is 2.27 bits per heavy atom. The Hall–Kier alpha value is -2.00. The van der Waals surface area contributed by atoms with Gasteiger partial charge in [0.25, 0.3) is 0 Å². The predicted molar refractivity (Wildman–Crippen MR) is 91.3 cm³/mol. The van der Waals surface area contributed by atoms with E-state index in [1.54, 1.807) is 7.11 Å². The highest BCUT2D eigenvalue weighted by molar-refractivity contribution is 5.48. The van der Waals surface area contributed by atoms with Gasteiger partial charge in [0.2, 0.25) is 0 Å². The maximum atomic E-state index is 9.79.